The molecule has 0 saturated heterocycles. The van der Waals surface area contributed by atoms with Crippen LogP contribution in [0.1, 0.15) is 0 Å². The van der Waals surface area contributed by atoms with Crippen molar-refractivity contribution in [3.8, 4) is 11.4 Å². The molecule has 70 valence electrons. The minimum absolute atomic E-state index is 0.697. The van der Waals surface area contributed by atoms with E-state index in [0.29, 0.717) is 5.82 Å². The number of anilines is 1. The average Bonchev–Trinajstić information content (AvgIpc) is 2.30. The average molecular weight is 186 g/mol. The van der Waals surface area contributed by atoms with Crippen LogP contribution in [-0.2, 0) is 0 Å². The highest BCUT2D eigenvalue weighted by Gasteiger charge is 1.99. The van der Waals surface area contributed by atoms with Crippen molar-refractivity contribution in [3.05, 3.63) is 36.8 Å². The van der Waals surface area contributed by atoms with Crippen molar-refractivity contribution in [2.75, 3.05) is 12.4 Å². The van der Waals surface area contributed by atoms with Crippen LogP contribution in [0, 0.1) is 0 Å². The van der Waals surface area contributed by atoms with Gasteiger partial charge in [-0.3, -0.25) is 0 Å². The van der Waals surface area contributed by atoms with E-state index in [-0.39, 0.29) is 0 Å². The quantitative estimate of drug-likeness (QED) is 0.773. The first-order valence-electron chi connectivity index (χ1n) is 4.31. The van der Waals surface area contributed by atoms with Crippen LogP contribution >= 0.6 is 0 Å². The fourth-order valence-electron chi connectivity index (χ4n) is 1.12. The Morgan fingerprint density at radius 1 is 1.07 bits per heavy atom. The summed E-state index contributed by atoms with van der Waals surface area (Å²) in [6.45, 7) is 0. The van der Waals surface area contributed by atoms with Gasteiger partial charge in [-0.25, -0.2) is 15.0 Å². The van der Waals surface area contributed by atoms with Crippen LogP contribution < -0.4 is 5.32 Å². The van der Waals surface area contributed by atoms with E-state index in [2.05, 4.69) is 20.3 Å². The van der Waals surface area contributed by atoms with E-state index in [9.17, 15) is 0 Å². The number of nitrogens with zero attached hydrogens (tertiary/aromatic N) is 3. The second-order valence-electron chi connectivity index (χ2n) is 2.75. The summed E-state index contributed by atoms with van der Waals surface area (Å²) in [4.78, 5) is 12.4. The molecule has 2 aromatic heterocycles. The number of rotatable bonds is 2. The summed E-state index contributed by atoms with van der Waals surface area (Å²) in [6, 6.07) is 5.62. The monoisotopic (exact) mass is 186 g/mol. The van der Waals surface area contributed by atoms with Crippen LogP contribution in [0.3, 0.4) is 0 Å². The zero-order chi connectivity index (χ0) is 9.80. The molecular formula is C10H10N4. The van der Waals surface area contributed by atoms with Crippen molar-refractivity contribution >= 4 is 5.82 Å². The Kier molecular flexibility index (Phi) is 2.36. The molecule has 0 radical (unpaired) electrons. The van der Waals surface area contributed by atoms with Crippen molar-refractivity contribution in [3.63, 3.8) is 0 Å². The number of hydrogen-bond donors (Lipinski definition) is 1. The molecule has 0 aliphatic heterocycles. The van der Waals surface area contributed by atoms with Crippen molar-refractivity contribution < 1.29 is 0 Å². The molecule has 0 amide bonds. The highest BCUT2D eigenvalue weighted by atomic mass is 15.0. The minimum atomic E-state index is 0.697. The zero-order valence-corrected chi connectivity index (χ0v) is 7.81. The third-order valence-electron chi connectivity index (χ3n) is 1.84. The molecule has 14 heavy (non-hydrogen) atoms. The third-order valence-corrected chi connectivity index (χ3v) is 1.84. The van der Waals surface area contributed by atoms with Gasteiger partial charge in [-0.05, 0) is 18.2 Å². The Morgan fingerprint density at radius 2 is 1.86 bits per heavy atom. The maximum absolute atomic E-state index is 4.18. The van der Waals surface area contributed by atoms with Gasteiger partial charge < -0.3 is 5.32 Å². The molecule has 0 bridgehead atoms. The van der Waals surface area contributed by atoms with Crippen molar-refractivity contribution in [1.29, 1.82) is 0 Å². The van der Waals surface area contributed by atoms with E-state index in [1.165, 1.54) is 0 Å². The second-order valence-corrected chi connectivity index (χ2v) is 2.75. The van der Waals surface area contributed by atoms with Crippen LogP contribution in [0.4, 0.5) is 5.82 Å². The Labute approximate surface area is 82.1 Å². The van der Waals surface area contributed by atoms with E-state index < -0.39 is 0 Å². The molecule has 0 atom stereocenters. The minimum Gasteiger partial charge on any atom is -0.373 e. The largest absolute Gasteiger partial charge is 0.373 e. The van der Waals surface area contributed by atoms with Gasteiger partial charge in [0.25, 0.3) is 0 Å². The van der Waals surface area contributed by atoms with Gasteiger partial charge in [0, 0.05) is 31.2 Å². The predicted octanol–water partition coefficient (Wildman–Crippen LogP) is 1.58. The van der Waals surface area contributed by atoms with Gasteiger partial charge in [0.2, 0.25) is 0 Å². The molecule has 2 aromatic rings. The third kappa shape index (κ3) is 1.69. The van der Waals surface area contributed by atoms with E-state index in [4.69, 9.17) is 0 Å². The number of nitrogens with one attached hydrogen (secondary N) is 1. The number of aromatic nitrogens is 3. The fraction of sp³-hybridized carbons (Fsp3) is 0.100. The summed E-state index contributed by atoms with van der Waals surface area (Å²) in [5.41, 5.74) is 0.921. The van der Waals surface area contributed by atoms with Gasteiger partial charge in [-0.1, -0.05) is 0 Å². The van der Waals surface area contributed by atoms with E-state index in [1.807, 2.05) is 19.2 Å². The molecule has 4 nitrogen and oxygen atoms in total. The number of pyridine rings is 1. The molecule has 4 heteroatoms. The van der Waals surface area contributed by atoms with Gasteiger partial charge in [0.05, 0.1) is 0 Å². The van der Waals surface area contributed by atoms with Gasteiger partial charge in [-0.15, -0.1) is 0 Å². The van der Waals surface area contributed by atoms with E-state index in [0.717, 1.165) is 11.4 Å². The van der Waals surface area contributed by atoms with Crippen molar-refractivity contribution in [2.24, 2.45) is 0 Å². The lowest BCUT2D eigenvalue weighted by atomic mass is 10.2. The summed E-state index contributed by atoms with van der Waals surface area (Å²) in [7, 11) is 1.83. The second kappa shape index (κ2) is 3.83. The van der Waals surface area contributed by atoms with Crippen LogP contribution in [0.25, 0.3) is 11.4 Å². The zero-order valence-electron chi connectivity index (χ0n) is 7.81. The van der Waals surface area contributed by atoms with Gasteiger partial charge in [-0.2, -0.15) is 0 Å². The highest BCUT2D eigenvalue weighted by molar-refractivity contribution is 5.55. The van der Waals surface area contributed by atoms with Crippen LogP contribution in [0.15, 0.2) is 36.8 Å². The Morgan fingerprint density at radius 3 is 2.43 bits per heavy atom. The standard InChI is InChI=1S/C10H10N4/c1-11-9-4-3-8(7-14-9)10-12-5-2-6-13-10/h2-7H,1H3,(H,11,14). The molecule has 0 aliphatic rings. The molecule has 1 N–H and O–H groups in total. The van der Waals surface area contributed by atoms with Crippen LogP contribution in [0.5, 0.6) is 0 Å². The molecule has 2 heterocycles. The molecule has 0 aromatic carbocycles. The van der Waals surface area contributed by atoms with Crippen molar-refractivity contribution in [2.45, 2.75) is 0 Å². The molecule has 0 fully saturated rings. The summed E-state index contributed by atoms with van der Waals surface area (Å²) >= 11 is 0. The normalized spacial score (nSPS) is 9.79. The topological polar surface area (TPSA) is 50.7 Å². The van der Waals surface area contributed by atoms with E-state index >= 15 is 0 Å². The molecule has 0 spiro atoms. The first kappa shape index (κ1) is 8.62. The van der Waals surface area contributed by atoms with Crippen LogP contribution in [0.2, 0.25) is 0 Å². The summed E-state index contributed by atoms with van der Waals surface area (Å²) in [6.07, 6.45) is 5.18. The van der Waals surface area contributed by atoms with Crippen molar-refractivity contribution in [1.82, 2.24) is 15.0 Å². The maximum atomic E-state index is 4.18. The molecule has 0 unspecified atom stereocenters. The first-order chi connectivity index (χ1) is 6.90. The van der Waals surface area contributed by atoms with Gasteiger partial charge in [0.15, 0.2) is 5.82 Å². The van der Waals surface area contributed by atoms with Crippen LogP contribution in [-0.4, -0.2) is 22.0 Å². The summed E-state index contributed by atoms with van der Waals surface area (Å²) in [5, 5.41) is 2.95. The summed E-state index contributed by atoms with van der Waals surface area (Å²) < 4.78 is 0. The first-order valence-corrected chi connectivity index (χ1v) is 4.31. The lowest BCUT2D eigenvalue weighted by Crippen LogP contribution is -1.92. The Hall–Kier alpha value is -1.97. The molecular weight excluding hydrogens is 176 g/mol. The lowest BCUT2D eigenvalue weighted by Gasteiger charge is -2.00. The number of hydrogen-bond acceptors (Lipinski definition) is 4. The SMILES string of the molecule is CNc1ccc(-c2ncccn2)cn1. The van der Waals surface area contributed by atoms with Gasteiger partial charge >= 0.3 is 0 Å². The lowest BCUT2D eigenvalue weighted by molar-refractivity contribution is 1.16. The predicted molar refractivity (Wildman–Crippen MR) is 54.8 cm³/mol. The Balaban J connectivity index is 2.34. The Bertz CT molecular complexity index is 396. The summed E-state index contributed by atoms with van der Waals surface area (Å²) in [5.74, 6) is 1.53. The smallest absolute Gasteiger partial charge is 0.160 e. The van der Waals surface area contributed by atoms with Gasteiger partial charge in [0.1, 0.15) is 5.82 Å². The fourth-order valence-corrected chi connectivity index (χ4v) is 1.12. The highest BCUT2D eigenvalue weighted by Crippen LogP contribution is 2.13. The molecule has 0 saturated carbocycles. The molecule has 0 aliphatic carbocycles. The van der Waals surface area contributed by atoms with E-state index in [1.54, 1.807) is 24.7 Å². The molecule has 2 rings (SSSR count). The maximum Gasteiger partial charge on any atom is 0.160 e.